The molecule has 1 saturated carbocycles. The Balaban J connectivity index is 1.43. The first-order chi connectivity index (χ1) is 11.4. The third kappa shape index (κ3) is 3.00. The lowest BCUT2D eigenvalue weighted by atomic mass is 10.1. The van der Waals surface area contributed by atoms with Crippen LogP contribution in [0.5, 0.6) is 5.19 Å². The summed E-state index contributed by atoms with van der Waals surface area (Å²) in [6.45, 7) is 0.856. The van der Waals surface area contributed by atoms with Gasteiger partial charge in [0.15, 0.2) is 5.82 Å². The average Bonchev–Trinajstić information content (AvgIpc) is 3.31. The number of benzene rings is 1. The van der Waals surface area contributed by atoms with E-state index in [9.17, 15) is 17.2 Å². The average molecular weight is 374 g/mol. The molecular weight excluding hydrogens is 358 g/mol. The summed E-state index contributed by atoms with van der Waals surface area (Å²) in [5.74, 6) is -1.35. The van der Waals surface area contributed by atoms with Crippen molar-refractivity contribution in [3.05, 3.63) is 23.8 Å². The molecule has 0 atom stereocenters. The van der Waals surface area contributed by atoms with Crippen LogP contribution < -0.4 is 4.74 Å². The van der Waals surface area contributed by atoms with Crippen LogP contribution in [-0.4, -0.2) is 42.2 Å². The minimum atomic E-state index is -3.14. The van der Waals surface area contributed by atoms with E-state index in [2.05, 4.69) is 4.98 Å². The smallest absolute Gasteiger partial charge is 0.274 e. The lowest BCUT2D eigenvalue weighted by molar-refractivity contribution is 0.135. The number of fused-ring (bicyclic) bond motifs is 1. The number of sulfonamides is 1. The van der Waals surface area contributed by atoms with Crippen LogP contribution in [0.2, 0.25) is 0 Å². The number of nitrogens with zero attached hydrogens (tertiary/aromatic N) is 2. The van der Waals surface area contributed by atoms with Crippen LogP contribution in [0, 0.1) is 11.6 Å². The molecule has 24 heavy (non-hydrogen) atoms. The Hall–Kier alpha value is -1.32. The lowest BCUT2D eigenvalue weighted by Gasteiger charge is -2.30. The van der Waals surface area contributed by atoms with E-state index < -0.39 is 21.7 Å². The van der Waals surface area contributed by atoms with E-state index in [0.717, 1.165) is 30.2 Å². The number of rotatable bonds is 4. The summed E-state index contributed by atoms with van der Waals surface area (Å²) in [6, 6.07) is 2.03. The number of thiazole rings is 1. The molecule has 0 unspecified atom stereocenters. The summed E-state index contributed by atoms with van der Waals surface area (Å²) < 4.78 is 59.0. The van der Waals surface area contributed by atoms with Crippen LogP contribution in [0.25, 0.3) is 10.2 Å². The summed E-state index contributed by atoms with van der Waals surface area (Å²) in [5, 5.41) is 0.0927. The molecule has 1 saturated heterocycles. The van der Waals surface area contributed by atoms with Gasteiger partial charge in [-0.1, -0.05) is 11.3 Å². The topological polar surface area (TPSA) is 59.5 Å². The maximum absolute atomic E-state index is 13.7. The standard InChI is InChI=1S/C15H16F2N2O3S2/c16-9-7-12(17)14-13(8-9)23-15(18-14)22-10-3-5-19(6-4-10)24(20,21)11-1-2-11/h7-8,10-11H,1-6H2. The molecule has 1 aromatic heterocycles. The summed E-state index contributed by atoms with van der Waals surface area (Å²) in [4.78, 5) is 4.08. The van der Waals surface area contributed by atoms with Gasteiger partial charge in [-0.25, -0.2) is 21.5 Å². The number of ether oxygens (including phenoxy) is 1. The first kappa shape index (κ1) is 16.2. The predicted octanol–water partition coefficient (Wildman–Crippen LogP) is 2.91. The Morgan fingerprint density at radius 2 is 1.88 bits per heavy atom. The molecule has 4 rings (SSSR count). The highest BCUT2D eigenvalue weighted by Crippen LogP contribution is 2.34. The van der Waals surface area contributed by atoms with Gasteiger partial charge in [0.2, 0.25) is 10.0 Å². The van der Waals surface area contributed by atoms with Crippen molar-refractivity contribution in [1.29, 1.82) is 0 Å². The lowest BCUT2D eigenvalue weighted by Crippen LogP contribution is -2.43. The highest BCUT2D eigenvalue weighted by atomic mass is 32.2. The van der Waals surface area contributed by atoms with Gasteiger partial charge in [-0.2, -0.15) is 4.98 Å². The number of aromatic nitrogens is 1. The van der Waals surface area contributed by atoms with E-state index in [-0.39, 0.29) is 22.1 Å². The molecular formula is C15H16F2N2O3S2. The molecule has 5 nitrogen and oxygen atoms in total. The van der Waals surface area contributed by atoms with Gasteiger partial charge in [-0.3, -0.25) is 0 Å². The first-order valence-corrected chi connectivity index (χ1v) is 10.2. The SMILES string of the molecule is O=S(=O)(C1CC1)N1CCC(Oc2nc3c(F)cc(F)cc3s2)CC1. The maximum atomic E-state index is 13.7. The summed E-state index contributed by atoms with van der Waals surface area (Å²) in [6.07, 6.45) is 2.49. The van der Waals surface area contributed by atoms with Crippen molar-refractivity contribution in [2.24, 2.45) is 0 Å². The Kier molecular flexibility index (Phi) is 3.97. The third-order valence-electron chi connectivity index (χ3n) is 4.37. The number of hydrogen-bond donors (Lipinski definition) is 0. The van der Waals surface area contributed by atoms with Crippen LogP contribution in [-0.2, 0) is 10.0 Å². The fourth-order valence-electron chi connectivity index (χ4n) is 2.91. The molecule has 0 amide bonds. The van der Waals surface area contributed by atoms with E-state index in [4.69, 9.17) is 4.74 Å². The second kappa shape index (κ2) is 5.89. The molecule has 2 fully saturated rings. The van der Waals surface area contributed by atoms with E-state index in [1.54, 1.807) is 0 Å². The largest absolute Gasteiger partial charge is 0.467 e. The molecule has 1 aromatic carbocycles. The van der Waals surface area contributed by atoms with Gasteiger partial charge >= 0.3 is 0 Å². The van der Waals surface area contributed by atoms with Crippen LogP contribution in [0.4, 0.5) is 8.78 Å². The predicted molar refractivity (Wildman–Crippen MR) is 86.7 cm³/mol. The van der Waals surface area contributed by atoms with Crippen LogP contribution in [0.3, 0.4) is 0 Å². The second-order valence-electron chi connectivity index (χ2n) is 6.17. The van der Waals surface area contributed by atoms with Gasteiger partial charge in [0, 0.05) is 19.2 Å². The van der Waals surface area contributed by atoms with E-state index >= 15 is 0 Å². The summed E-state index contributed by atoms with van der Waals surface area (Å²) >= 11 is 1.10. The normalized spacial score (nSPS) is 20.6. The second-order valence-corrected chi connectivity index (χ2v) is 9.38. The fourth-order valence-corrected chi connectivity index (χ4v) is 5.70. The van der Waals surface area contributed by atoms with Gasteiger partial charge in [0.1, 0.15) is 17.4 Å². The molecule has 1 aliphatic carbocycles. The molecule has 130 valence electrons. The Labute approximate surface area is 142 Å². The Morgan fingerprint density at radius 3 is 2.54 bits per heavy atom. The van der Waals surface area contributed by atoms with Crippen LogP contribution in [0.15, 0.2) is 12.1 Å². The van der Waals surface area contributed by atoms with Crippen molar-refractivity contribution in [3.63, 3.8) is 0 Å². The third-order valence-corrected chi connectivity index (χ3v) is 7.66. The molecule has 9 heteroatoms. The molecule has 0 radical (unpaired) electrons. The molecule has 0 bridgehead atoms. The first-order valence-electron chi connectivity index (χ1n) is 7.85. The van der Waals surface area contributed by atoms with Gasteiger partial charge in [-0.05, 0) is 31.7 Å². The maximum Gasteiger partial charge on any atom is 0.274 e. The van der Waals surface area contributed by atoms with Crippen LogP contribution in [0.1, 0.15) is 25.7 Å². The summed E-state index contributed by atoms with van der Waals surface area (Å²) in [5.41, 5.74) is 0.102. The van der Waals surface area contributed by atoms with Crippen molar-refractivity contribution in [3.8, 4) is 5.19 Å². The van der Waals surface area contributed by atoms with Crippen molar-refractivity contribution in [2.75, 3.05) is 13.1 Å². The van der Waals surface area contributed by atoms with E-state index in [1.807, 2.05) is 0 Å². The van der Waals surface area contributed by atoms with E-state index in [1.165, 1.54) is 10.4 Å². The quantitative estimate of drug-likeness (QED) is 0.826. The van der Waals surface area contributed by atoms with Crippen LogP contribution >= 0.6 is 11.3 Å². The van der Waals surface area contributed by atoms with Gasteiger partial charge in [0.05, 0.1) is 9.95 Å². The van der Waals surface area contributed by atoms with E-state index in [0.29, 0.717) is 30.6 Å². The zero-order chi connectivity index (χ0) is 16.9. The molecule has 1 aliphatic heterocycles. The number of piperidine rings is 1. The molecule has 2 aliphatic rings. The highest BCUT2D eigenvalue weighted by Gasteiger charge is 2.41. The zero-order valence-electron chi connectivity index (χ0n) is 12.7. The molecule has 0 N–H and O–H groups in total. The minimum Gasteiger partial charge on any atom is -0.467 e. The highest BCUT2D eigenvalue weighted by molar-refractivity contribution is 7.90. The van der Waals surface area contributed by atoms with Crippen molar-refractivity contribution >= 4 is 31.6 Å². The zero-order valence-corrected chi connectivity index (χ0v) is 14.4. The van der Waals surface area contributed by atoms with Crippen molar-refractivity contribution in [2.45, 2.75) is 37.0 Å². The monoisotopic (exact) mass is 374 g/mol. The Morgan fingerprint density at radius 1 is 1.17 bits per heavy atom. The van der Waals surface area contributed by atoms with Crippen molar-refractivity contribution in [1.82, 2.24) is 9.29 Å². The fraction of sp³-hybridized carbons (Fsp3) is 0.533. The number of hydrogen-bond acceptors (Lipinski definition) is 5. The van der Waals surface area contributed by atoms with Gasteiger partial charge in [-0.15, -0.1) is 0 Å². The Bertz CT molecular complexity index is 872. The minimum absolute atomic E-state index is 0.102. The molecule has 2 aromatic rings. The summed E-state index contributed by atoms with van der Waals surface area (Å²) in [7, 11) is -3.14. The van der Waals surface area contributed by atoms with Crippen molar-refractivity contribution < 1.29 is 21.9 Å². The molecule has 2 heterocycles. The van der Waals surface area contributed by atoms with Gasteiger partial charge in [0.25, 0.3) is 5.19 Å². The molecule has 0 spiro atoms. The van der Waals surface area contributed by atoms with Gasteiger partial charge < -0.3 is 4.74 Å². The number of halogens is 2.